The first-order valence-electron chi connectivity index (χ1n) is 5.22. The second kappa shape index (κ2) is 4.26. The van der Waals surface area contributed by atoms with E-state index in [0.29, 0.717) is 0 Å². The van der Waals surface area contributed by atoms with Gasteiger partial charge in [0.1, 0.15) is 0 Å². The molecule has 0 radical (unpaired) electrons. The van der Waals surface area contributed by atoms with Gasteiger partial charge in [0.15, 0.2) is 0 Å². The smallest absolute Gasteiger partial charge is 0.0539 e. The highest BCUT2D eigenvalue weighted by molar-refractivity contribution is 5.56. The lowest BCUT2D eigenvalue weighted by Crippen LogP contribution is -1.99. The Hall–Kier alpha value is -1.97. The summed E-state index contributed by atoms with van der Waals surface area (Å²) < 4.78 is 1.79. The van der Waals surface area contributed by atoms with Crippen molar-refractivity contribution in [2.24, 2.45) is 7.05 Å². The summed E-state index contributed by atoms with van der Waals surface area (Å²) in [6.07, 6.45) is 3.85. The molecule has 0 bridgehead atoms. The van der Waals surface area contributed by atoms with Crippen molar-refractivity contribution in [1.29, 1.82) is 0 Å². The van der Waals surface area contributed by atoms with Crippen LogP contribution in [0, 0.1) is 6.92 Å². The Balaban J connectivity index is 2.04. The molecule has 2 aromatic rings. The van der Waals surface area contributed by atoms with E-state index in [0.717, 1.165) is 29.0 Å². The third-order valence-electron chi connectivity index (χ3n) is 2.35. The third-order valence-corrected chi connectivity index (χ3v) is 2.35. The number of benzene rings is 1. The molecule has 0 saturated heterocycles. The summed E-state index contributed by atoms with van der Waals surface area (Å²) in [6.45, 7) is 2.79. The van der Waals surface area contributed by atoms with Gasteiger partial charge in [-0.2, -0.15) is 5.10 Å². The molecule has 0 fully saturated rings. The minimum Gasteiger partial charge on any atom is -0.399 e. The molecular weight excluding hydrogens is 200 g/mol. The fraction of sp³-hybridized carbons (Fsp3) is 0.250. The number of aryl methyl sites for hydroxylation is 2. The van der Waals surface area contributed by atoms with E-state index in [9.17, 15) is 0 Å². The number of nitrogens with zero attached hydrogens (tertiary/aromatic N) is 2. The molecule has 0 spiro atoms. The Morgan fingerprint density at radius 1 is 1.38 bits per heavy atom. The zero-order valence-corrected chi connectivity index (χ0v) is 9.57. The van der Waals surface area contributed by atoms with E-state index >= 15 is 0 Å². The van der Waals surface area contributed by atoms with Crippen LogP contribution < -0.4 is 11.1 Å². The lowest BCUT2D eigenvalue weighted by Gasteiger charge is -2.07. The maximum atomic E-state index is 5.78. The number of nitrogens with one attached hydrogen (secondary N) is 1. The molecule has 0 aliphatic rings. The van der Waals surface area contributed by atoms with Gasteiger partial charge < -0.3 is 11.1 Å². The molecule has 0 aliphatic heterocycles. The molecule has 1 heterocycles. The summed E-state index contributed by atoms with van der Waals surface area (Å²) in [5.41, 5.74) is 9.92. The Kier molecular flexibility index (Phi) is 2.81. The van der Waals surface area contributed by atoms with Crippen molar-refractivity contribution >= 4 is 11.4 Å². The Morgan fingerprint density at radius 2 is 2.19 bits per heavy atom. The lowest BCUT2D eigenvalue weighted by molar-refractivity contribution is 0.767. The second-order valence-corrected chi connectivity index (χ2v) is 4.01. The van der Waals surface area contributed by atoms with Crippen molar-refractivity contribution in [2.45, 2.75) is 13.5 Å². The van der Waals surface area contributed by atoms with Crippen LogP contribution in [0.5, 0.6) is 0 Å². The Bertz CT molecular complexity index is 467. The maximum Gasteiger partial charge on any atom is 0.0539 e. The molecule has 0 saturated carbocycles. The molecule has 1 aromatic heterocycles. The van der Waals surface area contributed by atoms with E-state index in [1.165, 1.54) is 0 Å². The van der Waals surface area contributed by atoms with E-state index in [1.807, 2.05) is 38.5 Å². The highest BCUT2D eigenvalue weighted by atomic mass is 15.2. The van der Waals surface area contributed by atoms with Gasteiger partial charge in [0, 0.05) is 36.7 Å². The van der Waals surface area contributed by atoms with Gasteiger partial charge in [0.2, 0.25) is 0 Å². The highest BCUT2D eigenvalue weighted by Gasteiger charge is 1.98. The summed E-state index contributed by atoms with van der Waals surface area (Å²) in [5, 5.41) is 7.44. The molecule has 0 unspecified atom stereocenters. The Labute approximate surface area is 95.1 Å². The maximum absolute atomic E-state index is 5.78. The van der Waals surface area contributed by atoms with Crippen LogP contribution >= 0.6 is 0 Å². The van der Waals surface area contributed by atoms with Gasteiger partial charge in [-0.1, -0.05) is 0 Å². The van der Waals surface area contributed by atoms with Crippen molar-refractivity contribution in [3.63, 3.8) is 0 Å². The predicted molar refractivity (Wildman–Crippen MR) is 66.1 cm³/mol. The number of anilines is 2. The molecule has 0 aliphatic carbocycles. The van der Waals surface area contributed by atoms with Crippen molar-refractivity contribution in [3.05, 3.63) is 41.7 Å². The van der Waals surface area contributed by atoms with Gasteiger partial charge in [0.25, 0.3) is 0 Å². The van der Waals surface area contributed by atoms with Crippen LogP contribution in [0.25, 0.3) is 0 Å². The van der Waals surface area contributed by atoms with E-state index < -0.39 is 0 Å². The van der Waals surface area contributed by atoms with E-state index in [4.69, 9.17) is 5.73 Å². The van der Waals surface area contributed by atoms with Crippen molar-refractivity contribution in [1.82, 2.24) is 9.78 Å². The topological polar surface area (TPSA) is 55.9 Å². The second-order valence-electron chi connectivity index (χ2n) is 4.01. The van der Waals surface area contributed by atoms with Gasteiger partial charge in [-0.15, -0.1) is 0 Å². The van der Waals surface area contributed by atoms with Crippen molar-refractivity contribution in [2.75, 3.05) is 11.1 Å². The average Bonchev–Trinajstić information content (AvgIpc) is 2.60. The highest BCUT2D eigenvalue weighted by Crippen LogP contribution is 2.16. The summed E-state index contributed by atoms with van der Waals surface area (Å²) in [6, 6.07) is 5.96. The van der Waals surface area contributed by atoms with Crippen LogP contribution in [0.4, 0.5) is 11.4 Å². The number of hydrogen-bond donors (Lipinski definition) is 2. The van der Waals surface area contributed by atoms with Gasteiger partial charge >= 0.3 is 0 Å². The van der Waals surface area contributed by atoms with E-state index in [1.54, 1.807) is 4.68 Å². The van der Waals surface area contributed by atoms with Crippen LogP contribution in [0.15, 0.2) is 30.6 Å². The molecule has 4 nitrogen and oxygen atoms in total. The summed E-state index contributed by atoms with van der Waals surface area (Å²) >= 11 is 0. The summed E-state index contributed by atoms with van der Waals surface area (Å²) in [5.74, 6) is 0. The Morgan fingerprint density at radius 3 is 2.81 bits per heavy atom. The van der Waals surface area contributed by atoms with Crippen molar-refractivity contribution in [3.8, 4) is 0 Å². The standard InChI is InChI=1S/C12H16N4/c1-9-3-11(13)5-12(4-9)14-6-10-7-15-16(2)8-10/h3-5,7-8,14H,6,13H2,1-2H3. The molecule has 3 N–H and O–H groups in total. The zero-order chi connectivity index (χ0) is 11.5. The third kappa shape index (κ3) is 2.53. The minimum atomic E-state index is 0.761. The normalized spacial score (nSPS) is 10.4. The van der Waals surface area contributed by atoms with Crippen LogP contribution in [0.1, 0.15) is 11.1 Å². The molecule has 84 valence electrons. The number of nitrogen functional groups attached to an aromatic ring is 1. The number of nitrogens with two attached hydrogens (primary N) is 1. The first kappa shape index (κ1) is 10.5. The summed E-state index contributed by atoms with van der Waals surface area (Å²) in [4.78, 5) is 0. The van der Waals surface area contributed by atoms with Gasteiger partial charge in [-0.3, -0.25) is 4.68 Å². The molecule has 1 aromatic carbocycles. The van der Waals surface area contributed by atoms with E-state index in [2.05, 4.69) is 16.5 Å². The quantitative estimate of drug-likeness (QED) is 0.771. The van der Waals surface area contributed by atoms with Crippen LogP contribution in [0.2, 0.25) is 0 Å². The molecule has 4 heteroatoms. The largest absolute Gasteiger partial charge is 0.399 e. The van der Waals surface area contributed by atoms with Gasteiger partial charge in [-0.05, 0) is 30.7 Å². The fourth-order valence-electron chi connectivity index (χ4n) is 1.68. The van der Waals surface area contributed by atoms with Gasteiger partial charge in [-0.25, -0.2) is 0 Å². The molecule has 2 rings (SSSR count). The minimum absolute atomic E-state index is 0.761. The average molecular weight is 216 g/mol. The zero-order valence-electron chi connectivity index (χ0n) is 9.57. The molecular formula is C12H16N4. The van der Waals surface area contributed by atoms with E-state index in [-0.39, 0.29) is 0 Å². The molecule has 0 amide bonds. The number of hydrogen-bond acceptors (Lipinski definition) is 3. The predicted octanol–water partition coefficient (Wildman–Crippen LogP) is 1.92. The monoisotopic (exact) mass is 216 g/mol. The SMILES string of the molecule is Cc1cc(N)cc(NCc2cnn(C)c2)c1. The molecule has 0 atom stereocenters. The fourth-order valence-corrected chi connectivity index (χ4v) is 1.68. The molecule has 16 heavy (non-hydrogen) atoms. The first-order chi connectivity index (χ1) is 7.63. The van der Waals surface area contributed by atoms with Crippen molar-refractivity contribution < 1.29 is 0 Å². The van der Waals surface area contributed by atoms with Crippen LogP contribution in [-0.4, -0.2) is 9.78 Å². The number of rotatable bonds is 3. The lowest BCUT2D eigenvalue weighted by atomic mass is 10.2. The number of aromatic nitrogens is 2. The van der Waals surface area contributed by atoms with Gasteiger partial charge in [0.05, 0.1) is 6.20 Å². The van der Waals surface area contributed by atoms with Crippen LogP contribution in [0.3, 0.4) is 0 Å². The first-order valence-corrected chi connectivity index (χ1v) is 5.22. The van der Waals surface area contributed by atoms with Crippen LogP contribution in [-0.2, 0) is 13.6 Å². The summed E-state index contributed by atoms with van der Waals surface area (Å²) in [7, 11) is 1.91.